The van der Waals surface area contributed by atoms with Gasteiger partial charge in [-0.1, -0.05) is 0 Å². The molecule has 4 nitrogen and oxygen atoms in total. The van der Waals surface area contributed by atoms with Gasteiger partial charge in [-0.15, -0.1) is 3.89 Å². The second-order valence-electron chi connectivity index (χ2n) is 2.38. The van der Waals surface area contributed by atoms with Gasteiger partial charge in [0.2, 0.25) is 0 Å². The van der Waals surface area contributed by atoms with E-state index in [9.17, 15) is 21.5 Å². The number of carboxylic acid groups (broad SMARTS) is 1. The number of carbonyl (C=O) groups is 1. The van der Waals surface area contributed by atoms with Gasteiger partial charge in [-0.05, 0) is 18.2 Å². The lowest BCUT2D eigenvalue weighted by Gasteiger charge is -1.98. The summed E-state index contributed by atoms with van der Waals surface area (Å²) in [5.74, 6) is -2.85. The lowest BCUT2D eigenvalue weighted by Crippen LogP contribution is -2.02. The van der Waals surface area contributed by atoms with Crippen LogP contribution in [0.1, 0.15) is 10.4 Å². The van der Waals surface area contributed by atoms with Crippen molar-refractivity contribution in [1.82, 2.24) is 0 Å². The molecule has 1 N–H and O–H groups in total. The zero-order valence-corrected chi connectivity index (χ0v) is 7.38. The van der Waals surface area contributed by atoms with Gasteiger partial charge in [0, 0.05) is 0 Å². The molecule has 1 aromatic carbocycles. The van der Waals surface area contributed by atoms with E-state index in [0.717, 1.165) is 0 Å². The highest BCUT2D eigenvalue weighted by Gasteiger charge is 2.17. The quantitative estimate of drug-likeness (QED) is 0.762. The summed E-state index contributed by atoms with van der Waals surface area (Å²) in [7, 11) is -5.00. The molecule has 0 aliphatic carbocycles. The van der Waals surface area contributed by atoms with Gasteiger partial charge in [0.05, 0.1) is 5.56 Å². The van der Waals surface area contributed by atoms with Crippen LogP contribution in [0.15, 0.2) is 23.1 Å². The van der Waals surface area contributed by atoms with Crippen molar-refractivity contribution in [3.05, 3.63) is 29.6 Å². The minimum absolute atomic E-state index is 0.318. The molecule has 0 aliphatic heterocycles. The smallest absolute Gasteiger partial charge is 0.338 e. The maximum atomic E-state index is 12.8. The van der Waals surface area contributed by atoms with E-state index < -0.39 is 32.5 Å². The molecule has 0 heterocycles. The van der Waals surface area contributed by atoms with Crippen molar-refractivity contribution in [2.24, 2.45) is 0 Å². The molecule has 0 saturated carbocycles. The molecule has 0 saturated heterocycles. The Labute approximate surface area is 78.0 Å². The fraction of sp³-hybridized carbons (Fsp3) is 0. The number of carboxylic acids is 1. The Morgan fingerprint density at radius 3 is 2.29 bits per heavy atom. The topological polar surface area (TPSA) is 71.4 Å². The van der Waals surface area contributed by atoms with Gasteiger partial charge in [-0.2, -0.15) is 8.42 Å². The maximum Gasteiger partial charge on any atom is 0.338 e. The van der Waals surface area contributed by atoms with Crippen molar-refractivity contribution >= 4 is 16.2 Å². The van der Waals surface area contributed by atoms with E-state index in [0.29, 0.717) is 18.2 Å². The second-order valence-corrected chi connectivity index (χ2v) is 3.73. The first kappa shape index (κ1) is 10.6. The molecular weight excluding hydrogens is 218 g/mol. The third kappa shape index (κ3) is 2.05. The van der Waals surface area contributed by atoms with E-state index in [1.807, 2.05) is 0 Å². The van der Waals surface area contributed by atoms with E-state index in [1.165, 1.54) is 0 Å². The van der Waals surface area contributed by atoms with Gasteiger partial charge >= 0.3 is 16.2 Å². The Hall–Kier alpha value is -1.50. The molecule has 0 aromatic heterocycles. The van der Waals surface area contributed by atoms with Crippen LogP contribution < -0.4 is 0 Å². The number of hydrogen-bond donors (Lipinski definition) is 1. The van der Waals surface area contributed by atoms with Crippen molar-refractivity contribution in [3.63, 3.8) is 0 Å². The monoisotopic (exact) mass is 222 g/mol. The SMILES string of the molecule is O=C(O)c1ccc(S(=O)(=O)F)cc1F. The van der Waals surface area contributed by atoms with E-state index in [2.05, 4.69) is 0 Å². The molecule has 0 radical (unpaired) electrons. The van der Waals surface area contributed by atoms with E-state index in [-0.39, 0.29) is 0 Å². The van der Waals surface area contributed by atoms with Crippen LogP contribution in [0.2, 0.25) is 0 Å². The summed E-state index contributed by atoms with van der Waals surface area (Å²) in [5, 5.41) is 8.38. The first-order valence-corrected chi connectivity index (χ1v) is 4.68. The highest BCUT2D eigenvalue weighted by atomic mass is 32.3. The van der Waals surface area contributed by atoms with E-state index in [4.69, 9.17) is 5.11 Å². The zero-order valence-electron chi connectivity index (χ0n) is 6.57. The molecule has 1 aromatic rings. The number of aromatic carboxylic acids is 1. The Balaban J connectivity index is 3.34. The lowest BCUT2D eigenvalue weighted by atomic mass is 10.2. The average molecular weight is 222 g/mol. The van der Waals surface area contributed by atoms with Crippen LogP contribution in [0.4, 0.5) is 8.28 Å². The highest BCUT2D eigenvalue weighted by Crippen LogP contribution is 2.16. The molecule has 0 bridgehead atoms. The molecule has 14 heavy (non-hydrogen) atoms. The van der Waals surface area contributed by atoms with E-state index >= 15 is 0 Å². The second kappa shape index (κ2) is 3.33. The standard InChI is InChI=1S/C7H4F2O4S/c8-6-3-4(14(9,12)13)1-2-5(6)7(10)11/h1-3H,(H,10,11). The van der Waals surface area contributed by atoms with Crippen LogP contribution in [0.3, 0.4) is 0 Å². The van der Waals surface area contributed by atoms with Crippen LogP contribution in [0.5, 0.6) is 0 Å². The van der Waals surface area contributed by atoms with Gasteiger partial charge in [0.25, 0.3) is 0 Å². The van der Waals surface area contributed by atoms with Crippen molar-refractivity contribution in [2.45, 2.75) is 4.90 Å². The number of halogens is 2. The molecular formula is C7H4F2O4S. The van der Waals surface area contributed by atoms with Crippen LogP contribution in [-0.2, 0) is 10.2 Å². The Bertz CT molecular complexity index is 480. The van der Waals surface area contributed by atoms with Crippen LogP contribution in [0, 0.1) is 5.82 Å². The highest BCUT2D eigenvalue weighted by molar-refractivity contribution is 7.86. The summed E-state index contributed by atoms with van der Waals surface area (Å²) in [5.41, 5.74) is -0.711. The molecule has 0 spiro atoms. The minimum Gasteiger partial charge on any atom is -0.478 e. The molecule has 7 heteroatoms. The lowest BCUT2D eigenvalue weighted by molar-refractivity contribution is 0.0691. The number of hydrogen-bond acceptors (Lipinski definition) is 3. The third-order valence-electron chi connectivity index (χ3n) is 1.45. The van der Waals surface area contributed by atoms with Gasteiger partial charge in [-0.25, -0.2) is 9.18 Å². The summed E-state index contributed by atoms with van der Waals surface area (Å²) in [6.45, 7) is 0. The molecule has 0 atom stereocenters. The number of benzene rings is 1. The number of rotatable bonds is 2. The van der Waals surface area contributed by atoms with Crippen molar-refractivity contribution < 1.29 is 26.6 Å². The minimum atomic E-state index is -5.00. The maximum absolute atomic E-state index is 12.8. The Morgan fingerprint density at radius 1 is 1.36 bits per heavy atom. The third-order valence-corrected chi connectivity index (χ3v) is 2.27. The zero-order chi connectivity index (χ0) is 10.9. The Kier molecular flexibility index (Phi) is 2.52. The van der Waals surface area contributed by atoms with Crippen molar-refractivity contribution in [2.75, 3.05) is 0 Å². The summed E-state index contributed by atoms with van der Waals surface area (Å²) in [6, 6.07) is 1.69. The molecule has 76 valence electrons. The first-order chi connectivity index (χ1) is 6.32. The van der Waals surface area contributed by atoms with Crippen molar-refractivity contribution in [1.29, 1.82) is 0 Å². The fourth-order valence-electron chi connectivity index (χ4n) is 0.821. The molecule has 0 aliphatic rings. The fourth-order valence-corrected chi connectivity index (χ4v) is 1.30. The Morgan fingerprint density at radius 2 is 1.93 bits per heavy atom. The average Bonchev–Trinajstić information content (AvgIpc) is 2.01. The van der Waals surface area contributed by atoms with Gasteiger partial charge in [0.1, 0.15) is 10.7 Å². The molecule has 0 fully saturated rings. The normalized spacial score (nSPS) is 11.3. The summed E-state index contributed by atoms with van der Waals surface area (Å²) in [6.07, 6.45) is 0. The summed E-state index contributed by atoms with van der Waals surface area (Å²) in [4.78, 5) is 9.40. The predicted octanol–water partition coefficient (Wildman–Crippen LogP) is 1.18. The first-order valence-electron chi connectivity index (χ1n) is 3.30. The van der Waals surface area contributed by atoms with Gasteiger partial charge in [0.15, 0.2) is 0 Å². The van der Waals surface area contributed by atoms with Gasteiger partial charge < -0.3 is 5.11 Å². The predicted molar refractivity (Wildman–Crippen MR) is 41.7 cm³/mol. The molecule has 1 rings (SSSR count). The van der Waals surface area contributed by atoms with Crippen LogP contribution in [-0.4, -0.2) is 19.5 Å². The van der Waals surface area contributed by atoms with Gasteiger partial charge in [-0.3, -0.25) is 0 Å². The van der Waals surface area contributed by atoms with Crippen LogP contribution >= 0.6 is 0 Å². The summed E-state index contributed by atoms with van der Waals surface area (Å²) >= 11 is 0. The molecule has 0 amide bonds. The van der Waals surface area contributed by atoms with E-state index in [1.54, 1.807) is 0 Å². The van der Waals surface area contributed by atoms with Crippen molar-refractivity contribution in [3.8, 4) is 0 Å². The molecule has 0 unspecified atom stereocenters. The largest absolute Gasteiger partial charge is 0.478 e. The van der Waals surface area contributed by atoms with Crippen LogP contribution in [0.25, 0.3) is 0 Å². The summed E-state index contributed by atoms with van der Waals surface area (Å²) < 4.78 is 45.7.